The number of hydrogen-bond donors (Lipinski definition) is 1. The fourth-order valence-electron chi connectivity index (χ4n) is 2.04. The highest BCUT2D eigenvalue weighted by atomic mass is 32.1. The van der Waals surface area contributed by atoms with E-state index in [-0.39, 0.29) is 0 Å². The van der Waals surface area contributed by atoms with Gasteiger partial charge in [0.2, 0.25) is 0 Å². The molecule has 0 aromatic heterocycles. The Morgan fingerprint density at radius 3 is 2.57 bits per heavy atom. The topological polar surface area (TPSA) is 44.5 Å². The van der Waals surface area contributed by atoms with E-state index in [1.807, 2.05) is 24.3 Å². The maximum atomic E-state index is 5.62. The van der Waals surface area contributed by atoms with Crippen molar-refractivity contribution in [1.29, 1.82) is 0 Å². The minimum absolute atomic E-state index is 0.389. The summed E-state index contributed by atoms with van der Waals surface area (Å²) in [5.41, 5.74) is 6.42. The van der Waals surface area contributed by atoms with E-state index >= 15 is 0 Å². The van der Waals surface area contributed by atoms with Gasteiger partial charge in [-0.2, -0.15) is 0 Å². The largest absolute Gasteiger partial charge is 0.491 e. The Labute approximate surface area is 133 Å². The minimum atomic E-state index is 0.389. The van der Waals surface area contributed by atoms with Crippen LogP contribution in [0.15, 0.2) is 24.3 Å². The van der Waals surface area contributed by atoms with Gasteiger partial charge >= 0.3 is 0 Å². The molecule has 0 unspecified atom stereocenters. The smallest absolute Gasteiger partial charge is 0.120 e. The lowest BCUT2D eigenvalue weighted by Gasteiger charge is -2.08. The number of nitrogens with two attached hydrogens (primary N) is 1. The predicted octanol–water partition coefficient (Wildman–Crippen LogP) is 4.08. The fraction of sp³-hybridized carbons (Fsp3) is 0.588. The molecule has 21 heavy (non-hydrogen) atoms. The molecular formula is C17H27NO2S. The second-order valence-corrected chi connectivity index (χ2v) is 5.56. The SMILES string of the molecule is CCCCCCCCOCCOc1cccc(C(N)=S)c1. The van der Waals surface area contributed by atoms with Crippen LogP contribution in [-0.4, -0.2) is 24.8 Å². The molecule has 0 spiro atoms. The Balaban J connectivity index is 2.01. The molecule has 0 aliphatic rings. The van der Waals surface area contributed by atoms with Gasteiger partial charge in [-0.05, 0) is 18.6 Å². The van der Waals surface area contributed by atoms with Crippen LogP contribution in [0.4, 0.5) is 0 Å². The molecule has 0 heterocycles. The van der Waals surface area contributed by atoms with Gasteiger partial charge in [0.25, 0.3) is 0 Å². The first-order valence-corrected chi connectivity index (χ1v) is 8.25. The highest BCUT2D eigenvalue weighted by Crippen LogP contribution is 2.13. The molecule has 0 saturated heterocycles. The predicted molar refractivity (Wildman–Crippen MR) is 92.0 cm³/mol. The molecule has 0 fully saturated rings. The van der Waals surface area contributed by atoms with Crippen LogP contribution in [0.25, 0.3) is 0 Å². The molecule has 0 aliphatic heterocycles. The van der Waals surface area contributed by atoms with Crippen molar-refractivity contribution < 1.29 is 9.47 Å². The molecule has 1 rings (SSSR count). The average molecular weight is 309 g/mol. The van der Waals surface area contributed by atoms with Crippen molar-refractivity contribution in [2.75, 3.05) is 19.8 Å². The maximum absolute atomic E-state index is 5.62. The van der Waals surface area contributed by atoms with Crippen LogP contribution in [0.3, 0.4) is 0 Å². The van der Waals surface area contributed by atoms with Crippen LogP contribution >= 0.6 is 12.2 Å². The van der Waals surface area contributed by atoms with Gasteiger partial charge in [0, 0.05) is 12.2 Å². The first-order valence-electron chi connectivity index (χ1n) is 7.84. The zero-order valence-corrected chi connectivity index (χ0v) is 13.8. The summed E-state index contributed by atoms with van der Waals surface area (Å²) in [5, 5.41) is 0. The third-order valence-electron chi connectivity index (χ3n) is 3.26. The highest BCUT2D eigenvalue weighted by Gasteiger charge is 1.99. The lowest BCUT2D eigenvalue weighted by Crippen LogP contribution is -2.10. The van der Waals surface area contributed by atoms with Gasteiger partial charge in [-0.25, -0.2) is 0 Å². The molecule has 0 atom stereocenters. The first-order chi connectivity index (χ1) is 10.2. The Kier molecular flexibility index (Phi) is 9.83. The molecule has 0 amide bonds. The summed E-state index contributed by atoms with van der Waals surface area (Å²) in [6, 6.07) is 7.52. The monoisotopic (exact) mass is 309 g/mol. The summed E-state index contributed by atoms with van der Waals surface area (Å²) in [5.74, 6) is 0.781. The van der Waals surface area contributed by atoms with E-state index in [2.05, 4.69) is 6.92 Å². The third kappa shape index (κ3) is 8.68. The molecule has 0 bridgehead atoms. The molecular weight excluding hydrogens is 282 g/mol. The lowest BCUT2D eigenvalue weighted by atomic mass is 10.1. The van der Waals surface area contributed by atoms with Gasteiger partial charge in [-0.15, -0.1) is 0 Å². The maximum Gasteiger partial charge on any atom is 0.120 e. The summed E-state index contributed by atoms with van der Waals surface area (Å²) in [6.07, 6.45) is 7.71. The summed E-state index contributed by atoms with van der Waals surface area (Å²) in [4.78, 5) is 0.389. The Morgan fingerprint density at radius 1 is 1.05 bits per heavy atom. The van der Waals surface area contributed by atoms with Crippen molar-refractivity contribution in [1.82, 2.24) is 0 Å². The number of hydrogen-bond acceptors (Lipinski definition) is 3. The van der Waals surface area contributed by atoms with Gasteiger partial charge in [-0.3, -0.25) is 0 Å². The van der Waals surface area contributed by atoms with Gasteiger partial charge in [0.15, 0.2) is 0 Å². The summed E-state index contributed by atoms with van der Waals surface area (Å²) in [6.45, 7) is 4.23. The Morgan fingerprint density at radius 2 is 1.81 bits per heavy atom. The first kappa shape index (κ1) is 17.9. The molecule has 0 saturated carbocycles. The van der Waals surface area contributed by atoms with E-state index in [4.69, 9.17) is 27.4 Å². The van der Waals surface area contributed by atoms with Crippen LogP contribution in [0.1, 0.15) is 51.0 Å². The minimum Gasteiger partial charge on any atom is -0.491 e. The number of thiocarbonyl (C=S) groups is 1. The van der Waals surface area contributed by atoms with E-state index in [1.165, 1.54) is 32.1 Å². The zero-order chi connectivity index (χ0) is 15.3. The van der Waals surface area contributed by atoms with Gasteiger partial charge < -0.3 is 15.2 Å². The number of unbranched alkanes of at least 4 members (excludes halogenated alkanes) is 5. The lowest BCUT2D eigenvalue weighted by molar-refractivity contribution is 0.0970. The van der Waals surface area contributed by atoms with Gasteiger partial charge in [0.1, 0.15) is 17.3 Å². The molecule has 3 nitrogen and oxygen atoms in total. The quantitative estimate of drug-likeness (QED) is 0.467. The fourth-order valence-corrected chi connectivity index (χ4v) is 2.17. The molecule has 1 aromatic carbocycles. The van der Waals surface area contributed by atoms with E-state index in [0.29, 0.717) is 18.2 Å². The van der Waals surface area contributed by atoms with Crippen LogP contribution in [0.2, 0.25) is 0 Å². The molecule has 2 N–H and O–H groups in total. The second-order valence-electron chi connectivity index (χ2n) is 5.12. The molecule has 0 radical (unpaired) electrons. The van der Waals surface area contributed by atoms with Crippen molar-refractivity contribution in [3.05, 3.63) is 29.8 Å². The third-order valence-corrected chi connectivity index (χ3v) is 3.49. The van der Waals surface area contributed by atoms with Gasteiger partial charge in [0.05, 0.1) is 6.61 Å². The molecule has 1 aromatic rings. The van der Waals surface area contributed by atoms with Gasteiger partial charge in [-0.1, -0.05) is 63.4 Å². The zero-order valence-electron chi connectivity index (χ0n) is 13.0. The normalized spacial score (nSPS) is 10.5. The van der Waals surface area contributed by atoms with Crippen LogP contribution in [0.5, 0.6) is 5.75 Å². The summed E-state index contributed by atoms with van der Waals surface area (Å²) >= 11 is 4.94. The highest BCUT2D eigenvalue weighted by molar-refractivity contribution is 7.80. The van der Waals surface area contributed by atoms with Crippen LogP contribution < -0.4 is 10.5 Å². The van der Waals surface area contributed by atoms with Crippen molar-refractivity contribution >= 4 is 17.2 Å². The Bertz CT molecular complexity index is 410. The molecule has 4 heteroatoms. The number of benzene rings is 1. The van der Waals surface area contributed by atoms with E-state index in [0.717, 1.165) is 24.3 Å². The van der Waals surface area contributed by atoms with Crippen molar-refractivity contribution in [2.24, 2.45) is 5.73 Å². The summed E-state index contributed by atoms with van der Waals surface area (Å²) < 4.78 is 11.2. The Hall–Kier alpha value is -1.13. The average Bonchev–Trinajstić information content (AvgIpc) is 2.49. The van der Waals surface area contributed by atoms with Crippen molar-refractivity contribution in [3.8, 4) is 5.75 Å². The van der Waals surface area contributed by atoms with Crippen molar-refractivity contribution in [2.45, 2.75) is 45.4 Å². The molecule has 118 valence electrons. The number of rotatable bonds is 12. The van der Waals surface area contributed by atoms with Crippen molar-refractivity contribution in [3.63, 3.8) is 0 Å². The van der Waals surface area contributed by atoms with E-state index < -0.39 is 0 Å². The number of ether oxygens (including phenoxy) is 2. The van der Waals surface area contributed by atoms with E-state index in [9.17, 15) is 0 Å². The summed E-state index contributed by atoms with van der Waals surface area (Å²) in [7, 11) is 0. The van der Waals surface area contributed by atoms with Crippen LogP contribution in [0, 0.1) is 0 Å². The van der Waals surface area contributed by atoms with Crippen LogP contribution in [-0.2, 0) is 4.74 Å². The van der Waals surface area contributed by atoms with E-state index in [1.54, 1.807) is 0 Å². The molecule has 0 aliphatic carbocycles. The standard InChI is InChI=1S/C17H27NO2S/c1-2-3-4-5-6-7-11-19-12-13-20-16-10-8-9-15(14-16)17(18)21/h8-10,14H,2-7,11-13H2,1H3,(H2,18,21). The second kappa shape index (κ2) is 11.5.